The second-order valence-corrected chi connectivity index (χ2v) is 6.76. The van der Waals surface area contributed by atoms with Gasteiger partial charge in [0.2, 0.25) is 4.80 Å². The van der Waals surface area contributed by atoms with Gasteiger partial charge in [0.1, 0.15) is 0 Å². The van der Waals surface area contributed by atoms with Gasteiger partial charge in [0.25, 0.3) is 0 Å². The number of hydrogen-bond acceptors (Lipinski definition) is 4. The summed E-state index contributed by atoms with van der Waals surface area (Å²) in [4.78, 5) is 6.59. The third kappa shape index (κ3) is 3.75. The average Bonchev–Trinajstić information content (AvgIpc) is 3.20. The van der Waals surface area contributed by atoms with Crippen LogP contribution in [0.2, 0.25) is 0 Å². The Morgan fingerprint density at radius 1 is 1.22 bits per heavy atom. The quantitative estimate of drug-likeness (QED) is 0.482. The molecule has 0 saturated heterocycles. The molecule has 3 aromatic rings. The Balaban J connectivity index is 2.05. The predicted molar refractivity (Wildman–Crippen MR) is 100 cm³/mol. The van der Waals surface area contributed by atoms with Crippen molar-refractivity contribution in [1.82, 2.24) is 4.68 Å². The lowest BCUT2D eigenvalue weighted by Crippen LogP contribution is -2.12. The van der Waals surface area contributed by atoms with Gasteiger partial charge >= 0.3 is 0 Å². The normalized spacial score (nSPS) is 12.1. The number of benzene rings is 1. The Kier molecular flexibility index (Phi) is 5.00. The Bertz CT molecular complexity index is 883. The lowest BCUT2D eigenvalue weighted by molar-refractivity contribution is 0.842. The first-order chi connectivity index (χ1) is 11.3. The molecule has 0 bridgehead atoms. The van der Waals surface area contributed by atoms with Crippen molar-refractivity contribution in [3.05, 3.63) is 75.7 Å². The lowest BCUT2D eigenvalue weighted by atomic mass is 10.2. The summed E-state index contributed by atoms with van der Waals surface area (Å²) in [6, 6.07) is 12.4. The molecule has 0 N–H and O–H groups in total. The van der Waals surface area contributed by atoms with Crippen molar-refractivity contribution < 1.29 is 0 Å². The zero-order chi connectivity index (χ0) is 16.1. The van der Waals surface area contributed by atoms with Gasteiger partial charge in [-0.25, -0.2) is 4.68 Å². The van der Waals surface area contributed by atoms with Crippen LogP contribution in [0.4, 0.5) is 0 Å². The van der Waals surface area contributed by atoms with E-state index in [9.17, 15) is 0 Å². The van der Waals surface area contributed by atoms with E-state index in [1.165, 1.54) is 10.4 Å². The van der Waals surface area contributed by atoms with E-state index in [4.69, 9.17) is 0 Å². The molecule has 23 heavy (non-hydrogen) atoms. The van der Waals surface area contributed by atoms with Gasteiger partial charge in [-0.15, -0.1) is 29.3 Å². The Hall–Kier alpha value is -2.24. The number of aromatic nitrogens is 1. The third-order valence-electron chi connectivity index (χ3n) is 3.18. The molecular formula is C18H17N3S2. The molecule has 0 aliphatic rings. The van der Waals surface area contributed by atoms with Crippen LogP contribution in [-0.2, 0) is 0 Å². The molecular weight excluding hydrogens is 322 g/mol. The van der Waals surface area contributed by atoms with Gasteiger partial charge in [-0.2, -0.15) is 5.10 Å². The molecule has 0 unspecified atom stereocenters. The largest absolute Gasteiger partial charge is 0.253 e. The van der Waals surface area contributed by atoms with E-state index < -0.39 is 0 Å². The molecule has 5 heteroatoms. The molecule has 0 fully saturated rings. The maximum atomic E-state index is 4.67. The van der Waals surface area contributed by atoms with Gasteiger partial charge in [0, 0.05) is 5.38 Å². The van der Waals surface area contributed by atoms with Gasteiger partial charge in [0.15, 0.2) is 0 Å². The minimum atomic E-state index is 0.588. The maximum Gasteiger partial charge on any atom is 0.206 e. The first-order valence-corrected chi connectivity index (χ1v) is 9.00. The molecule has 0 radical (unpaired) electrons. The van der Waals surface area contributed by atoms with E-state index in [0.29, 0.717) is 6.54 Å². The first-order valence-electron chi connectivity index (χ1n) is 7.25. The Morgan fingerprint density at radius 3 is 2.87 bits per heavy atom. The van der Waals surface area contributed by atoms with E-state index in [1.807, 2.05) is 23.0 Å². The summed E-state index contributed by atoms with van der Waals surface area (Å²) in [5.74, 6) is 0. The van der Waals surface area contributed by atoms with Crippen molar-refractivity contribution >= 4 is 28.9 Å². The van der Waals surface area contributed by atoms with Crippen LogP contribution in [0.25, 0.3) is 10.6 Å². The summed E-state index contributed by atoms with van der Waals surface area (Å²) < 4.78 is 1.91. The molecule has 0 aliphatic heterocycles. The maximum absolute atomic E-state index is 4.67. The van der Waals surface area contributed by atoms with Gasteiger partial charge < -0.3 is 0 Å². The van der Waals surface area contributed by atoms with E-state index >= 15 is 0 Å². The molecule has 0 saturated carbocycles. The standard InChI is InChI=1S/C18H17N3S2/c1-3-9-19-18-21(16(13-23-18)17-8-5-10-22-17)20-12-15-7-4-6-14(2)11-15/h3-8,10-13H,1,9H2,2H3. The van der Waals surface area contributed by atoms with E-state index in [-0.39, 0.29) is 0 Å². The van der Waals surface area contributed by atoms with Crippen LogP contribution in [0.1, 0.15) is 11.1 Å². The van der Waals surface area contributed by atoms with E-state index in [1.54, 1.807) is 28.7 Å². The summed E-state index contributed by atoms with van der Waals surface area (Å²) in [5, 5.41) is 8.84. The summed E-state index contributed by atoms with van der Waals surface area (Å²) >= 11 is 3.30. The molecule has 2 aromatic heterocycles. The van der Waals surface area contributed by atoms with Crippen LogP contribution in [-0.4, -0.2) is 17.4 Å². The highest BCUT2D eigenvalue weighted by Crippen LogP contribution is 2.25. The summed E-state index contributed by atoms with van der Waals surface area (Å²) in [5.41, 5.74) is 3.37. The van der Waals surface area contributed by atoms with Crippen molar-refractivity contribution in [2.24, 2.45) is 10.1 Å². The lowest BCUT2D eigenvalue weighted by Gasteiger charge is -2.01. The molecule has 2 heterocycles. The van der Waals surface area contributed by atoms with Crippen LogP contribution in [0.3, 0.4) is 0 Å². The number of aryl methyl sites for hydroxylation is 1. The van der Waals surface area contributed by atoms with E-state index in [0.717, 1.165) is 16.1 Å². The molecule has 3 nitrogen and oxygen atoms in total. The number of nitrogens with zero attached hydrogens (tertiary/aromatic N) is 3. The molecule has 1 aromatic carbocycles. The fraction of sp³-hybridized carbons (Fsp3) is 0.111. The summed E-state index contributed by atoms with van der Waals surface area (Å²) in [7, 11) is 0. The number of thiazole rings is 1. The molecule has 3 rings (SSSR count). The monoisotopic (exact) mass is 339 g/mol. The topological polar surface area (TPSA) is 29.6 Å². The highest BCUT2D eigenvalue weighted by atomic mass is 32.1. The second-order valence-electron chi connectivity index (χ2n) is 4.98. The molecule has 0 amide bonds. The number of thiophene rings is 1. The fourth-order valence-electron chi connectivity index (χ4n) is 2.13. The predicted octanol–water partition coefficient (Wildman–Crippen LogP) is 4.56. The van der Waals surface area contributed by atoms with Gasteiger partial charge in [-0.1, -0.05) is 42.0 Å². The Morgan fingerprint density at radius 2 is 2.13 bits per heavy atom. The van der Waals surface area contributed by atoms with Crippen molar-refractivity contribution in [3.8, 4) is 10.6 Å². The van der Waals surface area contributed by atoms with Crippen LogP contribution < -0.4 is 4.80 Å². The fourth-order valence-corrected chi connectivity index (χ4v) is 3.77. The molecule has 0 spiro atoms. The third-order valence-corrected chi connectivity index (χ3v) is 4.93. The van der Waals surface area contributed by atoms with Gasteiger partial charge in [0.05, 0.1) is 23.3 Å². The molecule has 0 aliphatic carbocycles. The zero-order valence-electron chi connectivity index (χ0n) is 12.8. The van der Waals surface area contributed by atoms with Crippen molar-refractivity contribution in [2.75, 3.05) is 6.54 Å². The minimum absolute atomic E-state index is 0.588. The smallest absolute Gasteiger partial charge is 0.206 e. The van der Waals surface area contributed by atoms with Crippen LogP contribution >= 0.6 is 22.7 Å². The first kappa shape index (κ1) is 15.6. The van der Waals surface area contributed by atoms with Gasteiger partial charge in [-0.05, 0) is 23.9 Å². The summed E-state index contributed by atoms with van der Waals surface area (Å²) in [6.07, 6.45) is 3.67. The van der Waals surface area contributed by atoms with Crippen molar-refractivity contribution in [2.45, 2.75) is 6.92 Å². The number of rotatable bonds is 5. The minimum Gasteiger partial charge on any atom is -0.253 e. The summed E-state index contributed by atoms with van der Waals surface area (Å²) in [6.45, 7) is 6.40. The van der Waals surface area contributed by atoms with Crippen LogP contribution in [0.5, 0.6) is 0 Å². The molecule has 0 atom stereocenters. The van der Waals surface area contributed by atoms with E-state index in [2.05, 4.69) is 58.6 Å². The zero-order valence-corrected chi connectivity index (χ0v) is 14.5. The highest BCUT2D eigenvalue weighted by Gasteiger charge is 2.07. The number of hydrogen-bond donors (Lipinski definition) is 0. The van der Waals surface area contributed by atoms with Gasteiger partial charge in [-0.3, -0.25) is 4.99 Å². The second kappa shape index (κ2) is 7.35. The van der Waals surface area contributed by atoms with Crippen molar-refractivity contribution in [1.29, 1.82) is 0 Å². The van der Waals surface area contributed by atoms with Crippen molar-refractivity contribution in [3.63, 3.8) is 0 Å². The van der Waals surface area contributed by atoms with Crippen LogP contribution in [0, 0.1) is 6.92 Å². The highest BCUT2D eigenvalue weighted by molar-refractivity contribution is 7.14. The van der Waals surface area contributed by atoms with Crippen LogP contribution in [0.15, 0.2) is 69.9 Å². The molecule has 116 valence electrons. The SMILES string of the molecule is C=CCN=c1scc(-c2cccs2)n1N=Cc1cccc(C)c1. The Labute approximate surface area is 143 Å². The average molecular weight is 339 g/mol.